The second kappa shape index (κ2) is 4.59. The number of nitrogens with two attached hydrogens (primary N) is 1. The van der Waals surface area contributed by atoms with E-state index in [4.69, 9.17) is 15.2 Å². The number of anilines is 1. The molecule has 1 saturated heterocycles. The molecule has 5 heteroatoms. The van der Waals surface area contributed by atoms with E-state index in [-0.39, 0.29) is 5.41 Å². The summed E-state index contributed by atoms with van der Waals surface area (Å²) >= 11 is 0. The molecule has 1 aliphatic heterocycles. The molecular weight excluding hydrogens is 242 g/mol. The molecule has 0 bridgehead atoms. The van der Waals surface area contributed by atoms with Crippen LogP contribution in [-0.2, 0) is 4.74 Å². The molecule has 5 nitrogen and oxygen atoms in total. The molecule has 0 unspecified atom stereocenters. The van der Waals surface area contributed by atoms with E-state index < -0.39 is 0 Å². The van der Waals surface area contributed by atoms with Gasteiger partial charge in [-0.05, 0) is 12.1 Å². The summed E-state index contributed by atoms with van der Waals surface area (Å²) in [6.45, 7) is 4.32. The highest BCUT2D eigenvalue weighted by Gasteiger charge is 2.34. The fraction of sp³-hybridized carbons (Fsp3) is 0.357. The van der Waals surface area contributed by atoms with Crippen molar-refractivity contribution >= 4 is 5.82 Å². The zero-order valence-corrected chi connectivity index (χ0v) is 10.8. The van der Waals surface area contributed by atoms with E-state index in [1.807, 2.05) is 24.3 Å². The predicted molar refractivity (Wildman–Crippen MR) is 72.9 cm³/mol. The molecule has 3 N–H and O–H groups in total. The minimum atomic E-state index is 0.125. The number of nitrogens with one attached hydrogen (secondary N) is 1. The summed E-state index contributed by atoms with van der Waals surface area (Å²) in [5.41, 5.74) is 7.60. The van der Waals surface area contributed by atoms with Gasteiger partial charge in [0, 0.05) is 17.0 Å². The fourth-order valence-corrected chi connectivity index (χ4v) is 2.08. The van der Waals surface area contributed by atoms with Gasteiger partial charge in [0.05, 0.1) is 25.5 Å². The second-order valence-corrected chi connectivity index (χ2v) is 5.29. The molecule has 2 aromatic rings. The normalized spacial score (nSPS) is 16.9. The highest BCUT2D eigenvalue weighted by Crippen LogP contribution is 2.32. The third-order valence-electron chi connectivity index (χ3n) is 3.25. The van der Waals surface area contributed by atoms with Crippen molar-refractivity contribution in [1.82, 2.24) is 10.2 Å². The number of rotatable bonds is 4. The number of hydrogen-bond acceptors (Lipinski definition) is 4. The van der Waals surface area contributed by atoms with Crippen molar-refractivity contribution in [3.05, 3.63) is 30.3 Å². The van der Waals surface area contributed by atoms with Crippen molar-refractivity contribution in [1.29, 1.82) is 0 Å². The van der Waals surface area contributed by atoms with Gasteiger partial charge in [-0.15, -0.1) is 0 Å². The first-order chi connectivity index (χ1) is 9.16. The van der Waals surface area contributed by atoms with E-state index in [1.54, 1.807) is 6.07 Å². The lowest BCUT2D eigenvalue weighted by atomic mass is 9.90. The van der Waals surface area contributed by atoms with Gasteiger partial charge in [-0.25, -0.2) is 0 Å². The van der Waals surface area contributed by atoms with Crippen molar-refractivity contribution in [2.75, 3.05) is 25.6 Å². The van der Waals surface area contributed by atoms with Crippen LogP contribution in [0.25, 0.3) is 11.3 Å². The van der Waals surface area contributed by atoms with Crippen LogP contribution in [-0.4, -0.2) is 30.0 Å². The van der Waals surface area contributed by atoms with Crippen LogP contribution in [0, 0.1) is 5.41 Å². The molecule has 0 aliphatic carbocycles. The molecule has 2 heterocycles. The lowest BCUT2D eigenvalue weighted by Crippen LogP contribution is -2.44. The maximum absolute atomic E-state index is 5.94. The number of para-hydroxylation sites is 1. The number of hydrogen-bond donors (Lipinski definition) is 2. The third kappa shape index (κ3) is 2.42. The Morgan fingerprint density at radius 2 is 2.21 bits per heavy atom. The summed E-state index contributed by atoms with van der Waals surface area (Å²) in [7, 11) is 0. The average molecular weight is 259 g/mol. The van der Waals surface area contributed by atoms with E-state index in [9.17, 15) is 0 Å². The summed E-state index contributed by atoms with van der Waals surface area (Å²) in [5.74, 6) is 1.31. The van der Waals surface area contributed by atoms with E-state index in [2.05, 4.69) is 17.1 Å². The Labute approximate surface area is 111 Å². The van der Waals surface area contributed by atoms with Gasteiger partial charge in [-0.3, -0.25) is 5.10 Å². The topological polar surface area (TPSA) is 73.2 Å². The summed E-state index contributed by atoms with van der Waals surface area (Å²) in [4.78, 5) is 0. The molecule has 19 heavy (non-hydrogen) atoms. The van der Waals surface area contributed by atoms with Crippen LogP contribution in [0.2, 0.25) is 0 Å². The van der Waals surface area contributed by atoms with Gasteiger partial charge in [0.1, 0.15) is 11.6 Å². The van der Waals surface area contributed by atoms with Crippen molar-refractivity contribution in [2.45, 2.75) is 6.92 Å². The van der Waals surface area contributed by atoms with E-state index >= 15 is 0 Å². The van der Waals surface area contributed by atoms with E-state index in [1.165, 1.54) is 0 Å². The van der Waals surface area contributed by atoms with Crippen LogP contribution in [0.5, 0.6) is 5.75 Å². The van der Waals surface area contributed by atoms with Crippen LogP contribution in [0.15, 0.2) is 30.3 Å². The monoisotopic (exact) mass is 259 g/mol. The number of nitrogen functional groups attached to an aromatic ring is 1. The van der Waals surface area contributed by atoms with Crippen molar-refractivity contribution in [2.24, 2.45) is 5.41 Å². The van der Waals surface area contributed by atoms with Crippen molar-refractivity contribution in [3.63, 3.8) is 0 Å². The summed E-state index contributed by atoms with van der Waals surface area (Å²) in [6.07, 6.45) is 0. The standard InChI is InChI=1S/C14H17N3O2/c1-14(7-18-8-14)9-19-12-5-3-2-4-10(12)11-6-13(15)17-16-11/h2-6H,7-9H2,1H3,(H3,15,16,17). The Hall–Kier alpha value is -2.01. The minimum Gasteiger partial charge on any atom is -0.492 e. The van der Waals surface area contributed by atoms with Crippen LogP contribution in [0.3, 0.4) is 0 Å². The molecule has 0 radical (unpaired) electrons. The lowest BCUT2D eigenvalue weighted by Gasteiger charge is -2.37. The molecule has 1 fully saturated rings. The number of nitrogens with zero attached hydrogens (tertiary/aromatic N) is 1. The van der Waals surface area contributed by atoms with Gasteiger partial charge >= 0.3 is 0 Å². The van der Waals surface area contributed by atoms with Gasteiger partial charge < -0.3 is 15.2 Å². The molecule has 0 spiro atoms. The Kier molecular flexibility index (Phi) is 2.91. The second-order valence-electron chi connectivity index (χ2n) is 5.29. The highest BCUT2D eigenvalue weighted by molar-refractivity contribution is 5.68. The quantitative estimate of drug-likeness (QED) is 0.881. The number of aromatic amines is 1. The molecule has 0 atom stereocenters. The SMILES string of the molecule is CC1(COc2ccccc2-c2cc(N)n[nH]2)COC1. The highest BCUT2D eigenvalue weighted by atomic mass is 16.5. The Bertz CT molecular complexity index is 576. The van der Waals surface area contributed by atoms with Gasteiger partial charge in [0.15, 0.2) is 0 Å². The van der Waals surface area contributed by atoms with E-state index in [0.717, 1.165) is 30.2 Å². The molecule has 100 valence electrons. The van der Waals surface area contributed by atoms with Crippen LogP contribution in [0.1, 0.15) is 6.92 Å². The maximum atomic E-state index is 5.94. The first-order valence-electron chi connectivity index (χ1n) is 6.27. The molecule has 0 amide bonds. The average Bonchev–Trinajstić information content (AvgIpc) is 2.81. The largest absolute Gasteiger partial charge is 0.492 e. The first-order valence-corrected chi connectivity index (χ1v) is 6.27. The molecule has 0 saturated carbocycles. The van der Waals surface area contributed by atoms with Gasteiger partial charge in [-0.1, -0.05) is 19.1 Å². The van der Waals surface area contributed by atoms with Crippen LogP contribution >= 0.6 is 0 Å². The number of aromatic nitrogens is 2. The molecule has 1 aliphatic rings. The molecular formula is C14H17N3O2. The number of benzene rings is 1. The molecule has 1 aromatic carbocycles. The van der Waals surface area contributed by atoms with Gasteiger partial charge in [0.25, 0.3) is 0 Å². The smallest absolute Gasteiger partial charge is 0.145 e. The summed E-state index contributed by atoms with van der Waals surface area (Å²) < 4.78 is 11.2. The number of H-pyrrole nitrogens is 1. The summed E-state index contributed by atoms with van der Waals surface area (Å²) in [5, 5.41) is 6.86. The zero-order chi connectivity index (χ0) is 13.3. The van der Waals surface area contributed by atoms with Gasteiger partial charge in [0.2, 0.25) is 0 Å². The Morgan fingerprint density at radius 1 is 1.42 bits per heavy atom. The van der Waals surface area contributed by atoms with E-state index in [0.29, 0.717) is 12.4 Å². The Balaban J connectivity index is 1.81. The maximum Gasteiger partial charge on any atom is 0.145 e. The van der Waals surface area contributed by atoms with Crippen molar-refractivity contribution < 1.29 is 9.47 Å². The molecule has 1 aromatic heterocycles. The van der Waals surface area contributed by atoms with Crippen molar-refractivity contribution in [3.8, 4) is 17.0 Å². The van der Waals surface area contributed by atoms with Crippen LogP contribution < -0.4 is 10.5 Å². The summed E-state index contributed by atoms with van der Waals surface area (Å²) in [6, 6.07) is 9.67. The fourth-order valence-electron chi connectivity index (χ4n) is 2.08. The number of ether oxygens (including phenoxy) is 2. The van der Waals surface area contributed by atoms with Crippen LogP contribution in [0.4, 0.5) is 5.82 Å². The Morgan fingerprint density at radius 3 is 2.84 bits per heavy atom. The molecule has 3 rings (SSSR count). The van der Waals surface area contributed by atoms with Gasteiger partial charge in [-0.2, -0.15) is 5.10 Å². The lowest BCUT2D eigenvalue weighted by molar-refractivity contribution is -0.120. The predicted octanol–water partition coefficient (Wildman–Crippen LogP) is 2.07. The third-order valence-corrected chi connectivity index (χ3v) is 3.25. The zero-order valence-electron chi connectivity index (χ0n) is 10.8. The first kappa shape index (κ1) is 12.0. The minimum absolute atomic E-state index is 0.125.